The number of fused-ring (bicyclic) bond motifs is 1. The van der Waals surface area contributed by atoms with Crippen LogP contribution in [0.4, 0.5) is 4.79 Å². The summed E-state index contributed by atoms with van der Waals surface area (Å²) in [7, 11) is 0. The fourth-order valence-electron chi connectivity index (χ4n) is 1.69. The summed E-state index contributed by atoms with van der Waals surface area (Å²) in [5.41, 5.74) is 1.28. The monoisotopic (exact) mass is 300 g/mol. The third kappa shape index (κ3) is 3.01. The van der Waals surface area contributed by atoms with Crippen LogP contribution < -0.4 is 0 Å². The SMILES string of the molecule is CC(C)COC(=O)n1c(CCl)nc2ccc(Cl)cc21. The molecule has 6 heteroatoms. The number of carbonyl (C=O) groups is 1. The molecule has 0 aliphatic heterocycles. The van der Waals surface area contributed by atoms with Crippen molar-refractivity contribution >= 4 is 40.3 Å². The minimum atomic E-state index is -0.478. The highest BCUT2D eigenvalue weighted by molar-refractivity contribution is 6.31. The second-order valence-corrected chi connectivity index (χ2v) is 5.30. The summed E-state index contributed by atoms with van der Waals surface area (Å²) in [5.74, 6) is 0.845. The zero-order valence-corrected chi connectivity index (χ0v) is 12.2. The maximum Gasteiger partial charge on any atom is 0.420 e. The van der Waals surface area contributed by atoms with Crippen LogP contribution in [0, 0.1) is 5.92 Å². The van der Waals surface area contributed by atoms with E-state index in [4.69, 9.17) is 27.9 Å². The first-order chi connectivity index (χ1) is 9.02. The number of halogens is 2. The molecule has 1 heterocycles. The van der Waals surface area contributed by atoms with Crippen molar-refractivity contribution < 1.29 is 9.53 Å². The molecule has 0 N–H and O–H groups in total. The van der Waals surface area contributed by atoms with Crippen LogP contribution >= 0.6 is 23.2 Å². The van der Waals surface area contributed by atoms with E-state index >= 15 is 0 Å². The zero-order chi connectivity index (χ0) is 14.0. The molecule has 0 amide bonds. The van der Waals surface area contributed by atoms with E-state index in [2.05, 4.69) is 4.98 Å². The molecular formula is C13H14Cl2N2O2. The maximum absolute atomic E-state index is 12.1. The Morgan fingerprint density at radius 1 is 1.47 bits per heavy atom. The van der Waals surface area contributed by atoms with Gasteiger partial charge in [0.25, 0.3) is 0 Å². The zero-order valence-electron chi connectivity index (χ0n) is 10.7. The Balaban J connectivity index is 2.44. The topological polar surface area (TPSA) is 44.1 Å². The lowest BCUT2D eigenvalue weighted by Gasteiger charge is -2.09. The number of imidazole rings is 1. The van der Waals surface area contributed by atoms with Gasteiger partial charge in [0.05, 0.1) is 23.5 Å². The van der Waals surface area contributed by atoms with Crippen molar-refractivity contribution in [3.05, 3.63) is 29.0 Å². The third-order valence-corrected chi connectivity index (χ3v) is 3.00. The number of nitrogens with zero attached hydrogens (tertiary/aromatic N) is 2. The van der Waals surface area contributed by atoms with E-state index in [1.807, 2.05) is 13.8 Å². The lowest BCUT2D eigenvalue weighted by atomic mass is 10.2. The highest BCUT2D eigenvalue weighted by atomic mass is 35.5. The predicted octanol–water partition coefficient (Wildman–Crippen LogP) is 4.07. The van der Waals surface area contributed by atoms with Crippen LogP contribution in [0.2, 0.25) is 5.02 Å². The van der Waals surface area contributed by atoms with Gasteiger partial charge in [0.15, 0.2) is 0 Å². The number of rotatable bonds is 3. The van der Waals surface area contributed by atoms with Crippen molar-refractivity contribution in [2.75, 3.05) is 6.61 Å². The van der Waals surface area contributed by atoms with Gasteiger partial charge in [-0.3, -0.25) is 0 Å². The first kappa shape index (κ1) is 14.2. The van der Waals surface area contributed by atoms with E-state index in [0.717, 1.165) is 0 Å². The second kappa shape index (κ2) is 5.80. The van der Waals surface area contributed by atoms with Crippen LogP contribution in [0.5, 0.6) is 0 Å². The number of benzene rings is 1. The molecule has 0 spiro atoms. The fourth-order valence-corrected chi connectivity index (χ4v) is 2.04. The molecule has 2 rings (SSSR count). The second-order valence-electron chi connectivity index (χ2n) is 4.60. The number of hydrogen-bond donors (Lipinski definition) is 0. The number of alkyl halides is 1. The van der Waals surface area contributed by atoms with Crippen LogP contribution in [-0.2, 0) is 10.6 Å². The lowest BCUT2D eigenvalue weighted by Crippen LogP contribution is -2.18. The first-order valence-corrected chi connectivity index (χ1v) is 6.84. The van der Waals surface area contributed by atoms with Gasteiger partial charge in [0, 0.05) is 5.02 Å². The number of aromatic nitrogens is 2. The number of hydrogen-bond acceptors (Lipinski definition) is 3. The molecule has 19 heavy (non-hydrogen) atoms. The highest BCUT2D eigenvalue weighted by Crippen LogP contribution is 2.22. The number of ether oxygens (including phenoxy) is 1. The maximum atomic E-state index is 12.1. The number of carbonyl (C=O) groups excluding carboxylic acids is 1. The third-order valence-electron chi connectivity index (χ3n) is 2.53. The van der Waals surface area contributed by atoms with Gasteiger partial charge in [0.1, 0.15) is 5.82 Å². The molecule has 2 aromatic rings. The van der Waals surface area contributed by atoms with Gasteiger partial charge in [-0.1, -0.05) is 25.4 Å². The van der Waals surface area contributed by atoms with Crippen molar-refractivity contribution in [1.82, 2.24) is 9.55 Å². The minimum Gasteiger partial charge on any atom is -0.449 e. The van der Waals surface area contributed by atoms with Gasteiger partial charge < -0.3 is 4.74 Å². The molecule has 0 saturated carbocycles. The quantitative estimate of drug-likeness (QED) is 0.803. The molecule has 0 aliphatic rings. The summed E-state index contributed by atoms with van der Waals surface area (Å²) in [6.07, 6.45) is -0.478. The summed E-state index contributed by atoms with van der Waals surface area (Å²) < 4.78 is 6.59. The van der Waals surface area contributed by atoms with Crippen LogP contribution in [-0.4, -0.2) is 22.3 Å². The van der Waals surface area contributed by atoms with E-state index < -0.39 is 6.09 Å². The Morgan fingerprint density at radius 3 is 2.84 bits per heavy atom. The summed E-state index contributed by atoms with van der Waals surface area (Å²) in [6.45, 7) is 4.29. The van der Waals surface area contributed by atoms with Crippen molar-refractivity contribution in [2.24, 2.45) is 5.92 Å². The Labute approximate surface area is 121 Å². The van der Waals surface area contributed by atoms with Gasteiger partial charge >= 0.3 is 6.09 Å². The highest BCUT2D eigenvalue weighted by Gasteiger charge is 2.18. The van der Waals surface area contributed by atoms with Crippen molar-refractivity contribution in [3.63, 3.8) is 0 Å². The van der Waals surface area contributed by atoms with Gasteiger partial charge in [0.2, 0.25) is 0 Å². The largest absolute Gasteiger partial charge is 0.449 e. The summed E-state index contributed by atoms with van der Waals surface area (Å²) in [6, 6.07) is 5.15. The van der Waals surface area contributed by atoms with E-state index in [1.54, 1.807) is 18.2 Å². The molecular weight excluding hydrogens is 287 g/mol. The normalized spacial score (nSPS) is 11.2. The molecule has 4 nitrogen and oxygen atoms in total. The van der Waals surface area contributed by atoms with E-state index in [9.17, 15) is 4.79 Å². The molecule has 0 unspecified atom stereocenters. The first-order valence-electron chi connectivity index (χ1n) is 5.93. The van der Waals surface area contributed by atoms with E-state index in [-0.39, 0.29) is 11.8 Å². The van der Waals surface area contributed by atoms with Crippen molar-refractivity contribution in [3.8, 4) is 0 Å². The smallest absolute Gasteiger partial charge is 0.420 e. The molecule has 0 atom stereocenters. The van der Waals surface area contributed by atoms with Crippen LogP contribution in [0.15, 0.2) is 18.2 Å². The average Bonchev–Trinajstić information content (AvgIpc) is 2.73. The molecule has 1 aromatic heterocycles. The summed E-state index contributed by atoms with van der Waals surface area (Å²) in [5, 5.41) is 0.534. The lowest BCUT2D eigenvalue weighted by molar-refractivity contribution is 0.135. The standard InChI is InChI=1S/C13H14Cl2N2O2/c1-8(2)7-19-13(18)17-11-5-9(15)3-4-10(11)16-12(17)6-14/h3-5,8H,6-7H2,1-2H3. The predicted molar refractivity (Wildman–Crippen MR) is 75.9 cm³/mol. The van der Waals surface area contributed by atoms with Crippen molar-refractivity contribution in [1.29, 1.82) is 0 Å². The molecule has 0 radical (unpaired) electrons. The van der Waals surface area contributed by atoms with Crippen LogP contribution in [0.3, 0.4) is 0 Å². The minimum absolute atomic E-state index is 0.128. The van der Waals surface area contributed by atoms with Gasteiger partial charge in [-0.05, 0) is 24.1 Å². The average molecular weight is 301 g/mol. The molecule has 0 aliphatic carbocycles. The molecule has 0 fully saturated rings. The Hall–Kier alpha value is -1.26. The summed E-state index contributed by atoms with van der Waals surface area (Å²) >= 11 is 11.8. The van der Waals surface area contributed by atoms with E-state index in [0.29, 0.717) is 28.5 Å². The van der Waals surface area contributed by atoms with Crippen LogP contribution in [0.1, 0.15) is 19.7 Å². The fraction of sp³-hybridized carbons (Fsp3) is 0.385. The van der Waals surface area contributed by atoms with Crippen molar-refractivity contribution in [2.45, 2.75) is 19.7 Å². The van der Waals surface area contributed by atoms with Gasteiger partial charge in [-0.15, -0.1) is 11.6 Å². The van der Waals surface area contributed by atoms with Crippen LogP contribution in [0.25, 0.3) is 11.0 Å². The molecule has 102 valence electrons. The van der Waals surface area contributed by atoms with E-state index in [1.165, 1.54) is 4.57 Å². The Morgan fingerprint density at radius 2 is 2.21 bits per heavy atom. The van der Waals surface area contributed by atoms with Gasteiger partial charge in [-0.25, -0.2) is 14.3 Å². The molecule has 0 saturated heterocycles. The Kier molecular flexibility index (Phi) is 4.32. The summed E-state index contributed by atoms with van der Waals surface area (Å²) in [4.78, 5) is 16.4. The van der Waals surface area contributed by atoms with Gasteiger partial charge in [-0.2, -0.15) is 0 Å². The Bertz CT molecular complexity index is 608. The molecule has 0 bridgehead atoms. The molecule has 1 aromatic carbocycles.